The Morgan fingerprint density at radius 2 is 1.60 bits per heavy atom. The number of hydrogen-bond donors (Lipinski definition) is 2. The number of aryl methyl sites for hydroxylation is 1. The number of esters is 1. The zero-order valence-electron chi connectivity index (χ0n) is 25.5. The van der Waals surface area contributed by atoms with Crippen molar-refractivity contribution in [1.82, 2.24) is 9.88 Å². The zero-order valence-corrected chi connectivity index (χ0v) is 25.5. The maximum Gasteiger partial charge on any atom is 0.336 e. The summed E-state index contributed by atoms with van der Waals surface area (Å²) in [6.45, 7) is 5.07. The molecule has 1 heterocycles. The van der Waals surface area contributed by atoms with Gasteiger partial charge in [-0.05, 0) is 85.2 Å². The van der Waals surface area contributed by atoms with Crippen LogP contribution in [-0.2, 0) is 22.7 Å². The van der Waals surface area contributed by atoms with Crippen molar-refractivity contribution in [2.75, 3.05) is 0 Å². The smallest absolute Gasteiger partial charge is 0.336 e. The predicted molar refractivity (Wildman–Crippen MR) is 174 cm³/mol. The standard InChI is InChI=1S/C38H36N2O5/c1-24-25(2)40(22-26-12-14-28(15-13-26)32-10-6-7-11-33(32)37(42)43)35-19-17-29(21-34(24)35)36(41)39-31-18-16-30(20-31)38(44)45-23-27-8-4-3-5-9-27/h3-15,17,19,21,30-31H,16,18,20,22-23H2,1-2H3,(H,39,41)(H,42,43)/t30?,31-/m0/s1. The Labute approximate surface area is 262 Å². The summed E-state index contributed by atoms with van der Waals surface area (Å²) >= 11 is 0. The van der Waals surface area contributed by atoms with Gasteiger partial charge in [-0.1, -0.05) is 72.8 Å². The first-order chi connectivity index (χ1) is 21.8. The molecule has 1 amide bonds. The number of nitrogens with one attached hydrogen (secondary N) is 1. The third-order valence-electron chi connectivity index (χ3n) is 8.99. The molecule has 1 fully saturated rings. The number of aromatic carboxylic acids is 1. The van der Waals surface area contributed by atoms with Crippen molar-refractivity contribution in [3.8, 4) is 11.1 Å². The number of hydrogen-bond acceptors (Lipinski definition) is 4. The van der Waals surface area contributed by atoms with Crippen molar-refractivity contribution < 1.29 is 24.2 Å². The molecule has 2 N–H and O–H groups in total. The first-order valence-electron chi connectivity index (χ1n) is 15.3. The number of carboxylic acids is 1. The molecule has 7 nitrogen and oxygen atoms in total. The molecule has 1 unspecified atom stereocenters. The molecule has 1 aromatic heterocycles. The Bertz CT molecular complexity index is 1870. The minimum absolute atomic E-state index is 0.0691. The number of rotatable bonds is 9. The summed E-state index contributed by atoms with van der Waals surface area (Å²) in [5.41, 5.74) is 7.76. The van der Waals surface area contributed by atoms with Gasteiger partial charge in [0, 0.05) is 34.7 Å². The third kappa shape index (κ3) is 6.38. The van der Waals surface area contributed by atoms with E-state index in [0.717, 1.165) is 45.3 Å². The fraction of sp³-hybridized carbons (Fsp3) is 0.237. The number of amides is 1. The first-order valence-corrected chi connectivity index (χ1v) is 15.3. The van der Waals surface area contributed by atoms with E-state index in [4.69, 9.17) is 4.74 Å². The molecular weight excluding hydrogens is 564 g/mol. The highest BCUT2D eigenvalue weighted by Crippen LogP contribution is 2.30. The molecule has 1 saturated carbocycles. The second-order valence-corrected chi connectivity index (χ2v) is 11.8. The summed E-state index contributed by atoms with van der Waals surface area (Å²) in [4.78, 5) is 37.6. The molecule has 7 heteroatoms. The lowest BCUT2D eigenvalue weighted by Crippen LogP contribution is -2.33. The van der Waals surface area contributed by atoms with Crippen LogP contribution in [0.3, 0.4) is 0 Å². The van der Waals surface area contributed by atoms with E-state index in [1.165, 1.54) is 0 Å². The molecular formula is C38H36N2O5. The summed E-state index contributed by atoms with van der Waals surface area (Å²) in [6, 6.07) is 30.4. The van der Waals surface area contributed by atoms with Crippen LogP contribution in [0.5, 0.6) is 0 Å². The van der Waals surface area contributed by atoms with Gasteiger partial charge in [-0.15, -0.1) is 0 Å². The number of aromatic nitrogens is 1. The van der Waals surface area contributed by atoms with Gasteiger partial charge in [0.1, 0.15) is 6.61 Å². The van der Waals surface area contributed by atoms with Gasteiger partial charge < -0.3 is 19.7 Å². The Morgan fingerprint density at radius 3 is 2.36 bits per heavy atom. The Balaban J connectivity index is 1.11. The fourth-order valence-corrected chi connectivity index (χ4v) is 6.33. The number of fused-ring (bicyclic) bond motifs is 1. The first kappa shape index (κ1) is 29.9. The zero-order chi connectivity index (χ0) is 31.5. The van der Waals surface area contributed by atoms with Crippen LogP contribution in [0.25, 0.3) is 22.0 Å². The molecule has 1 aliphatic rings. The molecule has 0 bridgehead atoms. The predicted octanol–water partition coefficient (Wildman–Crippen LogP) is 7.31. The number of nitrogens with zero attached hydrogens (tertiary/aromatic N) is 1. The van der Waals surface area contributed by atoms with Crippen molar-refractivity contribution >= 4 is 28.7 Å². The highest BCUT2D eigenvalue weighted by Gasteiger charge is 2.32. The minimum atomic E-state index is -0.945. The molecule has 2 atom stereocenters. The van der Waals surface area contributed by atoms with Gasteiger partial charge in [-0.3, -0.25) is 9.59 Å². The van der Waals surface area contributed by atoms with Crippen LogP contribution >= 0.6 is 0 Å². The molecule has 0 saturated heterocycles. The molecule has 228 valence electrons. The van der Waals surface area contributed by atoms with Gasteiger partial charge in [0.05, 0.1) is 11.5 Å². The molecule has 5 aromatic rings. The SMILES string of the molecule is Cc1c(C)n(Cc2ccc(-c3ccccc3C(=O)O)cc2)c2ccc(C(=O)N[C@H]3CCC(C(=O)OCc4ccccc4)C3)cc12. The largest absolute Gasteiger partial charge is 0.478 e. The number of carbonyl (C=O) groups is 3. The van der Waals surface area contributed by atoms with Gasteiger partial charge in [0.15, 0.2) is 0 Å². The van der Waals surface area contributed by atoms with Crippen molar-refractivity contribution in [2.24, 2.45) is 5.92 Å². The minimum Gasteiger partial charge on any atom is -0.478 e. The normalized spacial score (nSPS) is 16.0. The van der Waals surface area contributed by atoms with Crippen LogP contribution in [0.1, 0.15) is 62.4 Å². The van der Waals surface area contributed by atoms with Crippen LogP contribution < -0.4 is 5.32 Å². The lowest BCUT2D eigenvalue weighted by Gasteiger charge is -2.14. The molecule has 6 rings (SSSR count). The quantitative estimate of drug-likeness (QED) is 0.173. The van der Waals surface area contributed by atoms with Crippen molar-refractivity contribution in [3.05, 3.63) is 131 Å². The Hall–Kier alpha value is -5.17. The lowest BCUT2D eigenvalue weighted by molar-refractivity contribution is -0.149. The van der Waals surface area contributed by atoms with Crippen LogP contribution in [0, 0.1) is 19.8 Å². The van der Waals surface area contributed by atoms with E-state index in [-0.39, 0.29) is 36.0 Å². The molecule has 0 spiro atoms. The Morgan fingerprint density at radius 1 is 0.867 bits per heavy atom. The van der Waals surface area contributed by atoms with E-state index in [2.05, 4.69) is 23.7 Å². The van der Waals surface area contributed by atoms with Gasteiger partial charge in [0.2, 0.25) is 0 Å². The van der Waals surface area contributed by atoms with Crippen molar-refractivity contribution in [3.63, 3.8) is 0 Å². The van der Waals surface area contributed by atoms with E-state index in [1.807, 2.05) is 84.9 Å². The average molecular weight is 601 g/mol. The topological polar surface area (TPSA) is 97.6 Å². The second kappa shape index (κ2) is 12.8. The molecule has 0 aliphatic heterocycles. The summed E-state index contributed by atoms with van der Waals surface area (Å²) in [6.07, 6.45) is 2.02. The summed E-state index contributed by atoms with van der Waals surface area (Å²) < 4.78 is 7.78. The van der Waals surface area contributed by atoms with Gasteiger partial charge in [0.25, 0.3) is 5.91 Å². The van der Waals surface area contributed by atoms with Crippen molar-refractivity contribution in [2.45, 2.75) is 52.3 Å². The number of benzene rings is 4. The van der Waals surface area contributed by atoms with Crippen LogP contribution in [0.2, 0.25) is 0 Å². The van der Waals surface area contributed by atoms with E-state index >= 15 is 0 Å². The molecule has 1 aliphatic carbocycles. The van der Waals surface area contributed by atoms with Crippen LogP contribution in [-0.4, -0.2) is 33.6 Å². The lowest BCUT2D eigenvalue weighted by atomic mass is 9.99. The highest BCUT2D eigenvalue weighted by atomic mass is 16.5. The Kier molecular flexibility index (Phi) is 8.52. The number of carbonyl (C=O) groups excluding carboxylic acids is 2. The third-order valence-corrected chi connectivity index (χ3v) is 8.99. The van der Waals surface area contributed by atoms with Crippen LogP contribution in [0.4, 0.5) is 0 Å². The van der Waals surface area contributed by atoms with E-state index in [9.17, 15) is 19.5 Å². The average Bonchev–Trinajstić information content (AvgIpc) is 3.63. The summed E-state index contributed by atoms with van der Waals surface area (Å²) in [5.74, 6) is -1.49. The van der Waals surface area contributed by atoms with E-state index in [0.29, 0.717) is 30.5 Å². The maximum absolute atomic E-state index is 13.3. The summed E-state index contributed by atoms with van der Waals surface area (Å²) in [7, 11) is 0. The second-order valence-electron chi connectivity index (χ2n) is 11.8. The summed E-state index contributed by atoms with van der Waals surface area (Å²) in [5, 5.41) is 13.7. The molecule has 45 heavy (non-hydrogen) atoms. The highest BCUT2D eigenvalue weighted by molar-refractivity contribution is 5.99. The van der Waals surface area contributed by atoms with Crippen molar-refractivity contribution in [1.29, 1.82) is 0 Å². The van der Waals surface area contributed by atoms with Gasteiger partial charge >= 0.3 is 11.9 Å². The monoisotopic (exact) mass is 600 g/mol. The maximum atomic E-state index is 13.3. The number of carboxylic acid groups (broad SMARTS) is 1. The fourth-order valence-electron chi connectivity index (χ4n) is 6.33. The number of ether oxygens (including phenoxy) is 1. The van der Waals surface area contributed by atoms with E-state index < -0.39 is 5.97 Å². The van der Waals surface area contributed by atoms with Gasteiger partial charge in [-0.25, -0.2) is 4.79 Å². The van der Waals surface area contributed by atoms with Gasteiger partial charge in [-0.2, -0.15) is 0 Å². The molecule has 4 aromatic carbocycles. The molecule has 0 radical (unpaired) electrons. The van der Waals surface area contributed by atoms with E-state index in [1.54, 1.807) is 12.1 Å². The van der Waals surface area contributed by atoms with Crippen LogP contribution in [0.15, 0.2) is 97.1 Å².